The quantitative estimate of drug-likeness (QED) is 0.652. The first kappa shape index (κ1) is 19.7. The van der Waals surface area contributed by atoms with E-state index in [9.17, 15) is 14.7 Å². The van der Waals surface area contributed by atoms with Crippen molar-refractivity contribution < 1.29 is 14.7 Å². The van der Waals surface area contributed by atoms with Crippen LogP contribution >= 0.6 is 11.8 Å². The molecule has 138 valence electrons. The summed E-state index contributed by atoms with van der Waals surface area (Å²) < 4.78 is 0. The van der Waals surface area contributed by atoms with E-state index in [0.717, 1.165) is 11.4 Å². The van der Waals surface area contributed by atoms with E-state index in [1.54, 1.807) is 24.3 Å². The number of carboxylic acids is 1. The van der Waals surface area contributed by atoms with Gasteiger partial charge in [-0.25, -0.2) is 14.8 Å². The van der Waals surface area contributed by atoms with Crippen molar-refractivity contribution in [2.75, 3.05) is 17.3 Å². The van der Waals surface area contributed by atoms with Gasteiger partial charge in [0, 0.05) is 22.6 Å². The lowest BCUT2D eigenvalue weighted by molar-refractivity contribution is -0.139. The molecule has 0 aliphatic carbocycles. The highest BCUT2D eigenvalue weighted by molar-refractivity contribution is 7.98. The summed E-state index contributed by atoms with van der Waals surface area (Å²) in [6.07, 6.45) is 2.27. The van der Waals surface area contributed by atoms with E-state index >= 15 is 0 Å². The van der Waals surface area contributed by atoms with Gasteiger partial charge < -0.3 is 15.7 Å². The maximum Gasteiger partial charge on any atom is 0.326 e. The number of carbonyl (C=O) groups excluding carboxylic acids is 1. The Labute approximate surface area is 156 Å². The van der Waals surface area contributed by atoms with Gasteiger partial charge in [0.05, 0.1) is 0 Å². The van der Waals surface area contributed by atoms with Gasteiger partial charge in [-0.2, -0.15) is 11.8 Å². The highest BCUT2D eigenvalue weighted by Crippen LogP contribution is 2.16. The molecule has 0 fully saturated rings. The number of amides is 1. The number of aromatic nitrogens is 2. The Hall–Kier alpha value is -2.61. The number of anilines is 2. The van der Waals surface area contributed by atoms with Crippen molar-refractivity contribution >= 4 is 35.3 Å². The summed E-state index contributed by atoms with van der Waals surface area (Å²) in [4.78, 5) is 32.3. The van der Waals surface area contributed by atoms with Gasteiger partial charge in [0.25, 0.3) is 5.91 Å². The lowest BCUT2D eigenvalue weighted by atomic mass is 10.1. The Bertz CT molecular complexity index is 778. The number of hydrogen-bond donors (Lipinski definition) is 3. The molecule has 3 N–H and O–H groups in total. The molecule has 0 aliphatic heterocycles. The van der Waals surface area contributed by atoms with E-state index < -0.39 is 17.9 Å². The molecule has 0 saturated carbocycles. The highest BCUT2D eigenvalue weighted by Gasteiger charge is 2.20. The van der Waals surface area contributed by atoms with E-state index in [4.69, 9.17) is 0 Å². The molecular formula is C18H22N4O3S. The molecule has 1 amide bonds. The molecule has 8 heteroatoms. The van der Waals surface area contributed by atoms with Crippen LogP contribution in [0.3, 0.4) is 0 Å². The average Bonchev–Trinajstić information content (AvgIpc) is 2.57. The smallest absolute Gasteiger partial charge is 0.326 e. The van der Waals surface area contributed by atoms with Crippen LogP contribution in [-0.4, -0.2) is 45.0 Å². The summed E-state index contributed by atoms with van der Waals surface area (Å²) in [5, 5.41) is 14.9. The summed E-state index contributed by atoms with van der Waals surface area (Å²) >= 11 is 1.54. The Morgan fingerprint density at radius 2 is 1.88 bits per heavy atom. The van der Waals surface area contributed by atoms with Crippen LogP contribution in [0.15, 0.2) is 30.3 Å². The van der Waals surface area contributed by atoms with Gasteiger partial charge in [-0.05, 0) is 56.5 Å². The van der Waals surface area contributed by atoms with Gasteiger partial charge in [-0.1, -0.05) is 6.07 Å². The van der Waals surface area contributed by atoms with Crippen LogP contribution in [0.4, 0.5) is 11.6 Å². The predicted molar refractivity (Wildman–Crippen MR) is 103 cm³/mol. The number of hydrogen-bond acceptors (Lipinski definition) is 6. The van der Waals surface area contributed by atoms with E-state index in [0.29, 0.717) is 29.4 Å². The molecule has 1 heterocycles. The molecular weight excluding hydrogens is 352 g/mol. The number of aryl methyl sites for hydroxylation is 2. The molecule has 0 aliphatic rings. The monoisotopic (exact) mass is 374 g/mol. The van der Waals surface area contributed by atoms with Crippen LogP contribution in [0, 0.1) is 13.8 Å². The summed E-state index contributed by atoms with van der Waals surface area (Å²) in [7, 11) is 0. The first-order valence-corrected chi connectivity index (χ1v) is 9.50. The zero-order valence-electron chi connectivity index (χ0n) is 14.9. The van der Waals surface area contributed by atoms with Crippen molar-refractivity contribution in [3.63, 3.8) is 0 Å². The Kier molecular flexibility index (Phi) is 6.97. The third kappa shape index (κ3) is 5.73. The second-order valence-electron chi connectivity index (χ2n) is 5.83. The fraction of sp³-hybridized carbons (Fsp3) is 0.333. The van der Waals surface area contributed by atoms with E-state index in [1.807, 2.05) is 26.2 Å². The molecule has 7 nitrogen and oxygen atoms in total. The van der Waals surface area contributed by atoms with Crippen LogP contribution in [0.25, 0.3) is 0 Å². The number of thioether (sulfide) groups is 1. The van der Waals surface area contributed by atoms with Gasteiger partial charge in [-0.15, -0.1) is 0 Å². The summed E-state index contributed by atoms with van der Waals surface area (Å²) in [5.41, 5.74) is 2.70. The summed E-state index contributed by atoms with van der Waals surface area (Å²) in [6.45, 7) is 3.76. The topological polar surface area (TPSA) is 104 Å². The number of benzene rings is 1. The molecule has 0 radical (unpaired) electrons. The van der Waals surface area contributed by atoms with Gasteiger partial charge in [0.1, 0.15) is 6.04 Å². The number of carboxylic acid groups (broad SMARTS) is 1. The third-order valence-electron chi connectivity index (χ3n) is 3.58. The summed E-state index contributed by atoms with van der Waals surface area (Å²) in [5.74, 6) is -0.361. The number of carbonyl (C=O) groups is 2. The maximum absolute atomic E-state index is 12.4. The molecule has 1 aromatic carbocycles. The van der Waals surface area contributed by atoms with Crippen LogP contribution in [-0.2, 0) is 4.79 Å². The van der Waals surface area contributed by atoms with Crippen molar-refractivity contribution in [3.05, 3.63) is 47.3 Å². The van der Waals surface area contributed by atoms with Gasteiger partial charge in [0.15, 0.2) is 0 Å². The van der Waals surface area contributed by atoms with E-state index in [2.05, 4.69) is 20.6 Å². The average molecular weight is 374 g/mol. The predicted octanol–water partition coefficient (Wildman–Crippen LogP) is 2.77. The van der Waals surface area contributed by atoms with Crippen molar-refractivity contribution in [2.45, 2.75) is 26.3 Å². The number of nitrogens with one attached hydrogen (secondary N) is 2. The second kappa shape index (κ2) is 9.19. The van der Waals surface area contributed by atoms with E-state index in [1.165, 1.54) is 11.8 Å². The van der Waals surface area contributed by atoms with Crippen LogP contribution in [0.5, 0.6) is 0 Å². The van der Waals surface area contributed by atoms with Crippen LogP contribution < -0.4 is 10.6 Å². The molecule has 0 bridgehead atoms. The van der Waals surface area contributed by atoms with Crippen molar-refractivity contribution in [1.29, 1.82) is 0 Å². The zero-order chi connectivity index (χ0) is 19.1. The lowest BCUT2D eigenvalue weighted by Crippen LogP contribution is -2.41. The molecule has 1 atom stereocenters. The van der Waals surface area contributed by atoms with Gasteiger partial charge in [0.2, 0.25) is 5.95 Å². The molecule has 1 unspecified atom stereocenters. The Balaban J connectivity index is 2.12. The largest absolute Gasteiger partial charge is 0.480 e. The fourth-order valence-electron chi connectivity index (χ4n) is 2.38. The number of rotatable bonds is 8. The van der Waals surface area contributed by atoms with Gasteiger partial charge in [-0.3, -0.25) is 4.79 Å². The molecule has 0 saturated heterocycles. The maximum atomic E-state index is 12.4. The third-order valence-corrected chi connectivity index (χ3v) is 4.22. The van der Waals surface area contributed by atoms with Crippen LogP contribution in [0.2, 0.25) is 0 Å². The zero-order valence-corrected chi connectivity index (χ0v) is 15.8. The van der Waals surface area contributed by atoms with Crippen molar-refractivity contribution in [1.82, 2.24) is 15.3 Å². The lowest BCUT2D eigenvalue weighted by Gasteiger charge is -2.14. The molecule has 0 spiro atoms. The molecule has 2 rings (SSSR count). The summed E-state index contributed by atoms with van der Waals surface area (Å²) in [6, 6.07) is 7.75. The molecule has 26 heavy (non-hydrogen) atoms. The first-order chi connectivity index (χ1) is 12.4. The highest BCUT2D eigenvalue weighted by atomic mass is 32.2. The molecule has 1 aromatic heterocycles. The minimum atomic E-state index is -1.04. The van der Waals surface area contributed by atoms with Crippen molar-refractivity contribution in [3.8, 4) is 0 Å². The van der Waals surface area contributed by atoms with Gasteiger partial charge >= 0.3 is 5.97 Å². The Morgan fingerprint density at radius 3 is 2.50 bits per heavy atom. The number of nitrogens with zero attached hydrogens (tertiary/aromatic N) is 2. The second-order valence-corrected chi connectivity index (χ2v) is 6.81. The van der Waals surface area contributed by atoms with E-state index in [-0.39, 0.29) is 0 Å². The normalized spacial score (nSPS) is 11.7. The fourth-order valence-corrected chi connectivity index (χ4v) is 2.86. The van der Waals surface area contributed by atoms with Crippen LogP contribution in [0.1, 0.15) is 28.2 Å². The molecule has 2 aromatic rings. The minimum Gasteiger partial charge on any atom is -0.480 e. The Morgan fingerprint density at radius 1 is 1.19 bits per heavy atom. The number of aliphatic carboxylic acids is 1. The first-order valence-electron chi connectivity index (χ1n) is 8.11. The minimum absolute atomic E-state index is 0.370. The standard InChI is InChI=1S/C18H22N4O3S/c1-11-9-12(2)20-18(19-11)21-14-6-4-5-13(10-14)16(23)22-15(17(24)25)7-8-26-3/h4-6,9-10,15H,7-8H2,1-3H3,(H,22,23)(H,24,25)(H,19,20,21). The SMILES string of the molecule is CSCCC(NC(=O)c1cccc(Nc2nc(C)cc(C)n2)c1)C(=O)O. The van der Waals surface area contributed by atoms with Crippen molar-refractivity contribution in [2.24, 2.45) is 0 Å².